The summed E-state index contributed by atoms with van der Waals surface area (Å²) in [5.41, 5.74) is 2.11. The molecule has 0 heterocycles. The van der Waals surface area contributed by atoms with Crippen LogP contribution in [0.2, 0.25) is 0 Å². The molecule has 4 heteroatoms. The van der Waals surface area contributed by atoms with Crippen LogP contribution in [0.25, 0.3) is 0 Å². The van der Waals surface area contributed by atoms with Gasteiger partial charge in [0.05, 0.1) is 13.2 Å². The van der Waals surface area contributed by atoms with E-state index in [-0.39, 0.29) is 18.6 Å². The van der Waals surface area contributed by atoms with Gasteiger partial charge in [-0.05, 0) is 23.3 Å². The Kier molecular flexibility index (Phi) is 6.10. The molecule has 0 saturated carbocycles. The fourth-order valence-corrected chi connectivity index (χ4v) is 3.03. The number of carbonyl (C=O) groups is 1. The van der Waals surface area contributed by atoms with Crippen molar-refractivity contribution in [2.24, 2.45) is 0 Å². The van der Waals surface area contributed by atoms with Crippen molar-refractivity contribution in [1.29, 1.82) is 0 Å². The van der Waals surface area contributed by atoms with Gasteiger partial charge < -0.3 is 14.4 Å². The highest BCUT2D eigenvalue weighted by Gasteiger charge is 2.23. The van der Waals surface area contributed by atoms with Gasteiger partial charge in [-0.15, -0.1) is 0 Å². The SMILES string of the molecule is COc1ccccc1OCC(=O)N(C)C(c1ccccc1)c1ccccc1. The number of amides is 1. The Bertz CT molecular complexity index is 826. The van der Waals surface area contributed by atoms with Gasteiger partial charge in [-0.2, -0.15) is 0 Å². The summed E-state index contributed by atoms with van der Waals surface area (Å²) in [6, 6.07) is 27.1. The number of methoxy groups -OCH3 is 1. The minimum atomic E-state index is -0.179. The lowest BCUT2D eigenvalue weighted by atomic mass is 9.97. The summed E-state index contributed by atoms with van der Waals surface area (Å²) >= 11 is 0. The Labute approximate surface area is 160 Å². The minimum absolute atomic E-state index is 0.0625. The highest BCUT2D eigenvalue weighted by atomic mass is 16.5. The van der Waals surface area contributed by atoms with Gasteiger partial charge in [0, 0.05) is 7.05 Å². The van der Waals surface area contributed by atoms with Gasteiger partial charge in [-0.1, -0.05) is 72.8 Å². The van der Waals surface area contributed by atoms with Crippen LogP contribution in [0.5, 0.6) is 11.5 Å². The number of carbonyl (C=O) groups excluding carboxylic acids is 1. The molecule has 1 amide bonds. The number of hydrogen-bond acceptors (Lipinski definition) is 3. The molecule has 0 unspecified atom stereocenters. The van der Waals surface area contributed by atoms with Gasteiger partial charge in [0.25, 0.3) is 5.91 Å². The number of benzene rings is 3. The molecule has 3 aromatic carbocycles. The fraction of sp³-hybridized carbons (Fsp3) is 0.174. The number of likely N-dealkylation sites (N-methyl/N-ethyl adjacent to an activating group) is 1. The molecule has 0 aromatic heterocycles. The highest BCUT2D eigenvalue weighted by Crippen LogP contribution is 2.29. The molecule has 0 fully saturated rings. The van der Waals surface area contributed by atoms with E-state index in [1.807, 2.05) is 72.8 Å². The first-order valence-corrected chi connectivity index (χ1v) is 8.82. The Morgan fingerprint density at radius 1 is 0.815 bits per heavy atom. The van der Waals surface area contributed by atoms with Crippen LogP contribution < -0.4 is 9.47 Å². The molecule has 0 aliphatic carbocycles. The van der Waals surface area contributed by atoms with Crippen molar-refractivity contribution < 1.29 is 14.3 Å². The van der Waals surface area contributed by atoms with Gasteiger partial charge >= 0.3 is 0 Å². The van der Waals surface area contributed by atoms with E-state index in [0.717, 1.165) is 11.1 Å². The normalized spacial score (nSPS) is 10.5. The molecule has 0 radical (unpaired) electrons. The summed E-state index contributed by atoms with van der Waals surface area (Å²) in [5, 5.41) is 0. The van der Waals surface area contributed by atoms with Crippen LogP contribution in [0.4, 0.5) is 0 Å². The van der Waals surface area contributed by atoms with Crippen LogP contribution in [-0.4, -0.2) is 31.6 Å². The number of nitrogens with zero attached hydrogens (tertiary/aromatic N) is 1. The number of ether oxygens (including phenoxy) is 2. The maximum atomic E-state index is 12.9. The third-order valence-corrected chi connectivity index (χ3v) is 4.43. The second-order valence-electron chi connectivity index (χ2n) is 6.17. The van der Waals surface area contributed by atoms with Crippen LogP contribution in [0.3, 0.4) is 0 Å². The van der Waals surface area contributed by atoms with E-state index in [1.165, 1.54) is 0 Å². The molecular weight excluding hydrogens is 338 g/mol. The fourth-order valence-electron chi connectivity index (χ4n) is 3.03. The third-order valence-electron chi connectivity index (χ3n) is 4.43. The zero-order valence-electron chi connectivity index (χ0n) is 15.5. The summed E-state index contributed by atoms with van der Waals surface area (Å²) < 4.78 is 11.0. The van der Waals surface area contributed by atoms with E-state index in [0.29, 0.717) is 11.5 Å². The molecule has 0 atom stereocenters. The maximum Gasteiger partial charge on any atom is 0.261 e. The number of hydrogen-bond donors (Lipinski definition) is 0. The first-order valence-electron chi connectivity index (χ1n) is 8.82. The Morgan fingerprint density at radius 2 is 1.30 bits per heavy atom. The van der Waals surface area contributed by atoms with E-state index in [2.05, 4.69) is 0 Å². The zero-order valence-corrected chi connectivity index (χ0v) is 15.5. The molecule has 0 aliphatic rings. The number of rotatable bonds is 7. The monoisotopic (exact) mass is 361 g/mol. The van der Waals surface area contributed by atoms with Gasteiger partial charge in [0.15, 0.2) is 18.1 Å². The van der Waals surface area contributed by atoms with E-state index in [1.54, 1.807) is 31.2 Å². The van der Waals surface area contributed by atoms with E-state index in [4.69, 9.17) is 9.47 Å². The quantitative estimate of drug-likeness (QED) is 0.629. The Balaban J connectivity index is 1.79. The lowest BCUT2D eigenvalue weighted by molar-refractivity contribution is -0.133. The highest BCUT2D eigenvalue weighted by molar-refractivity contribution is 5.78. The maximum absolute atomic E-state index is 12.9. The largest absolute Gasteiger partial charge is 0.493 e. The van der Waals surface area contributed by atoms with Crippen molar-refractivity contribution >= 4 is 5.91 Å². The molecular formula is C23H23NO3. The lowest BCUT2D eigenvalue weighted by Crippen LogP contribution is -2.35. The van der Waals surface area contributed by atoms with Crippen molar-refractivity contribution in [3.63, 3.8) is 0 Å². The summed E-state index contributed by atoms with van der Waals surface area (Å²) in [5.74, 6) is 1.05. The predicted octanol–water partition coefficient (Wildman–Crippen LogP) is 4.32. The topological polar surface area (TPSA) is 38.8 Å². The average Bonchev–Trinajstić information content (AvgIpc) is 2.74. The molecule has 0 saturated heterocycles. The molecule has 138 valence electrons. The average molecular weight is 361 g/mol. The minimum Gasteiger partial charge on any atom is -0.493 e. The smallest absolute Gasteiger partial charge is 0.261 e. The first-order chi connectivity index (χ1) is 13.2. The Morgan fingerprint density at radius 3 is 1.81 bits per heavy atom. The van der Waals surface area contributed by atoms with Crippen molar-refractivity contribution in [3.05, 3.63) is 96.1 Å². The van der Waals surface area contributed by atoms with Crippen molar-refractivity contribution in [1.82, 2.24) is 4.90 Å². The summed E-state index contributed by atoms with van der Waals surface area (Å²) in [7, 11) is 3.38. The van der Waals surface area contributed by atoms with Crippen LogP contribution in [-0.2, 0) is 4.79 Å². The second-order valence-corrected chi connectivity index (χ2v) is 6.17. The van der Waals surface area contributed by atoms with Crippen LogP contribution >= 0.6 is 0 Å². The van der Waals surface area contributed by atoms with Crippen molar-refractivity contribution in [3.8, 4) is 11.5 Å². The molecule has 0 aliphatic heterocycles. The second kappa shape index (κ2) is 8.90. The molecule has 0 N–H and O–H groups in total. The van der Waals surface area contributed by atoms with E-state index >= 15 is 0 Å². The predicted molar refractivity (Wildman–Crippen MR) is 106 cm³/mol. The molecule has 3 aromatic rings. The third kappa shape index (κ3) is 4.47. The summed E-state index contributed by atoms with van der Waals surface area (Å²) in [6.07, 6.45) is 0. The molecule has 4 nitrogen and oxygen atoms in total. The first kappa shape index (κ1) is 18.5. The van der Waals surface area contributed by atoms with Crippen molar-refractivity contribution in [2.75, 3.05) is 20.8 Å². The molecule has 0 spiro atoms. The summed E-state index contributed by atoms with van der Waals surface area (Å²) in [4.78, 5) is 14.6. The van der Waals surface area contributed by atoms with Crippen LogP contribution in [0.1, 0.15) is 17.2 Å². The summed E-state index contributed by atoms with van der Waals surface area (Å²) in [6.45, 7) is -0.0625. The van der Waals surface area contributed by atoms with Gasteiger partial charge in [-0.3, -0.25) is 4.79 Å². The van der Waals surface area contributed by atoms with Gasteiger partial charge in [-0.25, -0.2) is 0 Å². The van der Waals surface area contributed by atoms with E-state index in [9.17, 15) is 4.79 Å². The Hall–Kier alpha value is -3.27. The van der Waals surface area contributed by atoms with Gasteiger partial charge in [0.2, 0.25) is 0 Å². The van der Waals surface area contributed by atoms with Gasteiger partial charge in [0.1, 0.15) is 0 Å². The number of para-hydroxylation sites is 2. The molecule has 27 heavy (non-hydrogen) atoms. The zero-order chi connectivity index (χ0) is 19.1. The van der Waals surface area contributed by atoms with Crippen molar-refractivity contribution in [2.45, 2.75) is 6.04 Å². The van der Waals surface area contributed by atoms with Crippen LogP contribution in [0, 0.1) is 0 Å². The molecule has 3 rings (SSSR count). The van der Waals surface area contributed by atoms with E-state index < -0.39 is 0 Å². The van der Waals surface area contributed by atoms with Crippen LogP contribution in [0.15, 0.2) is 84.9 Å². The standard InChI is InChI=1S/C23H23NO3/c1-24(22(25)17-27-21-16-10-9-15-20(21)26-2)23(18-11-5-3-6-12-18)19-13-7-4-8-14-19/h3-16,23H,17H2,1-2H3. The lowest BCUT2D eigenvalue weighted by Gasteiger charge is -2.29. The molecule has 0 bridgehead atoms.